The van der Waals surface area contributed by atoms with Gasteiger partial charge in [-0.2, -0.15) is 0 Å². The minimum Gasteiger partial charge on any atom is -0.481 e. The Labute approximate surface area is 140 Å². The average molecular weight is 324 g/mol. The summed E-state index contributed by atoms with van der Waals surface area (Å²) >= 11 is 0. The number of hydrogen-bond acceptors (Lipinski definition) is 3. The molecule has 1 saturated heterocycles. The first-order valence-corrected chi connectivity index (χ1v) is 7.95. The number of carboxylic acid groups (broad SMARTS) is 1. The van der Waals surface area contributed by atoms with Crippen LogP contribution in [0.2, 0.25) is 0 Å². The second-order valence-electron chi connectivity index (χ2n) is 6.34. The lowest BCUT2D eigenvalue weighted by Crippen LogP contribution is -2.30. The Bertz CT molecular complexity index is 773. The number of pyridine rings is 1. The molecule has 0 bridgehead atoms. The van der Waals surface area contributed by atoms with Gasteiger partial charge in [0.1, 0.15) is 0 Å². The van der Waals surface area contributed by atoms with Crippen LogP contribution in [-0.2, 0) is 16.1 Å². The van der Waals surface area contributed by atoms with Gasteiger partial charge in [0.05, 0.1) is 12.0 Å². The lowest BCUT2D eigenvalue weighted by atomic mass is 9.90. The van der Waals surface area contributed by atoms with Crippen molar-refractivity contribution in [3.8, 4) is 0 Å². The van der Waals surface area contributed by atoms with E-state index in [2.05, 4.69) is 4.98 Å². The van der Waals surface area contributed by atoms with Gasteiger partial charge in [0, 0.05) is 25.4 Å². The Morgan fingerprint density at radius 3 is 2.75 bits per heavy atom. The molecule has 124 valence electrons. The molecule has 2 aromatic rings. The number of likely N-dealkylation sites (tertiary alicyclic amines) is 1. The van der Waals surface area contributed by atoms with Crippen LogP contribution in [0.1, 0.15) is 34.7 Å². The molecule has 0 unspecified atom stereocenters. The van der Waals surface area contributed by atoms with Crippen LogP contribution in [0.5, 0.6) is 0 Å². The highest BCUT2D eigenvalue weighted by atomic mass is 16.4. The number of carboxylic acids is 1. The number of aromatic nitrogens is 1. The van der Waals surface area contributed by atoms with Gasteiger partial charge in [-0.25, -0.2) is 0 Å². The molecule has 1 fully saturated rings. The molecule has 0 saturated carbocycles. The maximum absolute atomic E-state index is 12.5. The number of amides is 1. The molecule has 5 heteroatoms. The fraction of sp³-hybridized carbons (Fsp3) is 0.316. The SMILES string of the molecule is Cc1ccc([C@@H]2[C@H](C(=O)O)CC(=O)N2Cc2cccnc2)c(C)c1. The van der Waals surface area contributed by atoms with Crippen LogP contribution in [0.3, 0.4) is 0 Å². The van der Waals surface area contributed by atoms with E-state index in [9.17, 15) is 14.7 Å². The predicted molar refractivity (Wildman–Crippen MR) is 89.2 cm³/mol. The molecule has 1 amide bonds. The van der Waals surface area contributed by atoms with E-state index in [1.807, 2.05) is 44.2 Å². The predicted octanol–water partition coefficient (Wildman–Crippen LogP) is 2.87. The van der Waals surface area contributed by atoms with Crippen molar-refractivity contribution < 1.29 is 14.7 Å². The highest BCUT2D eigenvalue weighted by Crippen LogP contribution is 2.40. The van der Waals surface area contributed by atoms with Crippen molar-refractivity contribution in [2.75, 3.05) is 0 Å². The first-order chi connectivity index (χ1) is 11.5. The zero-order valence-corrected chi connectivity index (χ0v) is 13.8. The summed E-state index contributed by atoms with van der Waals surface area (Å²) in [6, 6.07) is 9.20. The number of benzene rings is 1. The Morgan fingerprint density at radius 1 is 1.33 bits per heavy atom. The Hall–Kier alpha value is -2.69. The van der Waals surface area contributed by atoms with Crippen molar-refractivity contribution in [3.05, 3.63) is 65.0 Å². The standard InChI is InChI=1S/C19H20N2O3/c1-12-5-6-15(13(2)8-12)18-16(19(23)24)9-17(22)21(18)11-14-4-3-7-20-10-14/h3-8,10,16,18H,9,11H2,1-2H3,(H,23,24)/t16-,18-/m1/s1. The largest absolute Gasteiger partial charge is 0.481 e. The minimum absolute atomic E-state index is 0.0353. The van der Waals surface area contributed by atoms with Crippen molar-refractivity contribution in [1.82, 2.24) is 9.88 Å². The van der Waals surface area contributed by atoms with Crippen LogP contribution in [0.4, 0.5) is 0 Å². The van der Waals surface area contributed by atoms with E-state index >= 15 is 0 Å². The quantitative estimate of drug-likeness (QED) is 0.939. The Morgan fingerprint density at radius 2 is 2.12 bits per heavy atom. The number of carbonyl (C=O) groups excluding carboxylic acids is 1. The van der Waals surface area contributed by atoms with Crippen molar-refractivity contribution in [1.29, 1.82) is 0 Å². The van der Waals surface area contributed by atoms with Gasteiger partial charge in [-0.3, -0.25) is 14.6 Å². The molecule has 0 aliphatic carbocycles. The van der Waals surface area contributed by atoms with Crippen LogP contribution in [0.15, 0.2) is 42.7 Å². The van der Waals surface area contributed by atoms with E-state index in [1.54, 1.807) is 17.3 Å². The van der Waals surface area contributed by atoms with E-state index in [-0.39, 0.29) is 12.3 Å². The number of carbonyl (C=O) groups is 2. The monoisotopic (exact) mass is 324 g/mol. The molecule has 3 rings (SSSR count). The van der Waals surface area contributed by atoms with Crippen LogP contribution in [0.25, 0.3) is 0 Å². The lowest BCUT2D eigenvalue weighted by Gasteiger charge is -2.28. The van der Waals surface area contributed by atoms with Gasteiger partial charge < -0.3 is 10.0 Å². The molecule has 0 radical (unpaired) electrons. The highest BCUT2D eigenvalue weighted by molar-refractivity contribution is 5.87. The van der Waals surface area contributed by atoms with Crippen LogP contribution in [-0.4, -0.2) is 26.9 Å². The summed E-state index contributed by atoms with van der Waals surface area (Å²) in [5.74, 6) is -1.78. The highest BCUT2D eigenvalue weighted by Gasteiger charge is 2.45. The normalized spacial score (nSPS) is 20.4. The summed E-state index contributed by atoms with van der Waals surface area (Å²) in [6.07, 6.45) is 3.42. The van der Waals surface area contributed by atoms with Gasteiger partial charge in [-0.15, -0.1) is 0 Å². The third-order valence-electron chi connectivity index (χ3n) is 4.57. The van der Waals surface area contributed by atoms with Crippen LogP contribution >= 0.6 is 0 Å². The topological polar surface area (TPSA) is 70.5 Å². The second kappa shape index (κ2) is 6.43. The smallest absolute Gasteiger partial charge is 0.309 e. The molecule has 0 spiro atoms. The molecule has 2 heterocycles. The summed E-state index contributed by atoms with van der Waals surface area (Å²) in [5, 5.41) is 9.60. The molecule has 1 aromatic carbocycles. The van der Waals surface area contributed by atoms with Gasteiger partial charge in [0.2, 0.25) is 5.91 Å². The maximum atomic E-state index is 12.5. The fourth-order valence-electron chi connectivity index (χ4n) is 3.43. The van der Waals surface area contributed by atoms with Crippen molar-refractivity contribution >= 4 is 11.9 Å². The first kappa shape index (κ1) is 16.2. The van der Waals surface area contributed by atoms with E-state index in [4.69, 9.17) is 0 Å². The summed E-state index contributed by atoms with van der Waals surface area (Å²) in [5.41, 5.74) is 3.93. The Kier molecular flexibility index (Phi) is 4.34. The number of rotatable bonds is 4. The number of aryl methyl sites for hydroxylation is 2. The van der Waals surface area contributed by atoms with Gasteiger partial charge in [-0.1, -0.05) is 29.8 Å². The summed E-state index contributed by atoms with van der Waals surface area (Å²) < 4.78 is 0. The number of hydrogen-bond donors (Lipinski definition) is 1. The summed E-state index contributed by atoms with van der Waals surface area (Å²) in [4.78, 5) is 30.0. The van der Waals surface area contributed by atoms with Crippen molar-refractivity contribution in [3.63, 3.8) is 0 Å². The maximum Gasteiger partial charge on any atom is 0.309 e. The molecular weight excluding hydrogens is 304 g/mol. The van der Waals surface area contributed by atoms with E-state index in [1.165, 1.54) is 0 Å². The fourth-order valence-corrected chi connectivity index (χ4v) is 3.43. The van der Waals surface area contributed by atoms with Gasteiger partial charge in [-0.05, 0) is 36.6 Å². The average Bonchev–Trinajstić information content (AvgIpc) is 2.86. The molecule has 2 atom stereocenters. The lowest BCUT2D eigenvalue weighted by molar-refractivity contribution is -0.142. The second-order valence-corrected chi connectivity index (χ2v) is 6.34. The van der Waals surface area contributed by atoms with Crippen LogP contribution < -0.4 is 0 Å². The molecular formula is C19H20N2O3. The molecule has 5 nitrogen and oxygen atoms in total. The van der Waals surface area contributed by atoms with Gasteiger partial charge in [0.25, 0.3) is 0 Å². The molecule has 1 N–H and O–H groups in total. The Balaban J connectivity index is 2.01. The summed E-state index contributed by atoms with van der Waals surface area (Å²) in [6.45, 7) is 4.33. The van der Waals surface area contributed by atoms with E-state index < -0.39 is 17.9 Å². The zero-order chi connectivity index (χ0) is 17.3. The molecule has 1 aliphatic heterocycles. The van der Waals surface area contributed by atoms with Gasteiger partial charge >= 0.3 is 5.97 Å². The first-order valence-electron chi connectivity index (χ1n) is 7.95. The van der Waals surface area contributed by atoms with Crippen molar-refractivity contribution in [2.24, 2.45) is 5.92 Å². The molecule has 1 aromatic heterocycles. The van der Waals surface area contributed by atoms with Crippen LogP contribution in [0, 0.1) is 19.8 Å². The number of aliphatic carboxylic acids is 1. The van der Waals surface area contributed by atoms with Gasteiger partial charge in [0.15, 0.2) is 0 Å². The molecule has 1 aliphatic rings. The van der Waals surface area contributed by atoms with Crippen molar-refractivity contribution in [2.45, 2.75) is 32.9 Å². The zero-order valence-electron chi connectivity index (χ0n) is 13.8. The van der Waals surface area contributed by atoms with E-state index in [0.29, 0.717) is 6.54 Å². The van der Waals surface area contributed by atoms with E-state index in [0.717, 1.165) is 22.3 Å². The number of nitrogens with zero attached hydrogens (tertiary/aromatic N) is 2. The molecule has 24 heavy (non-hydrogen) atoms. The minimum atomic E-state index is -0.929. The third-order valence-corrected chi connectivity index (χ3v) is 4.57. The third kappa shape index (κ3) is 3.02. The summed E-state index contributed by atoms with van der Waals surface area (Å²) in [7, 11) is 0.